The summed E-state index contributed by atoms with van der Waals surface area (Å²) in [6, 6.07) is 7.47. The third-order valence-electron chi connectivity index (χ3n) is 3.77. The molecule has 2 aliphatic rings. The van der Waals surface area contributed by atoms with E-state index in [1.165, 1.54) is 11.8 Å². The van der Waals surface area contributed by atoms with E-state index >= 15 is 0 Å². The SMILES string of the molecule is CCSC1=NN2C(=c3cc(Br)ccc3=N[C@H]2c2cc(Br)c(Br)o2)C(=O)N1. The van der Waals surface area contributed by atoms with Crippen LogP contribution >= 0.6 is 59.6 Å². The number of fused-ring (bicyclic) bond motifs is 2. The Hall–Kier alpha value is -1.10. The van der Waals surface area contributed by atoms with E-state index in [1.54, 1.807) is 5.01 Å². The van der Waals surface area contributed by atoms with Crippen LogP contribution in [0.25, 0.3) is 5.70 Å². The Morgan fingerprint density at radius 2 is 2.12 bits per heavy atom. The van der Waals surface area contributed by atoms with Crippen molar-refractivity contribution < 1.29 is 9.21 Å². The first-order valence-corrected chi connectivity index (χ1v) is 11.0. The molecule has 0 unspecified atom stereocenters. The van der Waals surface area contributed by atoms with Gasteiger partial charge in [-0.25, -0.2) is 10.0 Å². The molecule has 0 saturated carbocycles. The largest absolute Gasteiger partial charge is 0.449 e. The fourth-order valence-electron chi connectivity index (χ4n) is 2.73. The number of nitrogens with zero attached hydrogens (tertiary/aromatic N) is 3. The number of amidine groups is 1. The van der Waals surface area contributed by atoms with Gasteiger partial charge in [0.05, 0.1) is 9.83 Å². The number of hydrogen-bond donors (Lipinski definition) is 1. The van der Waals surface area contributed by atoms with Crippen molar-refractivity contribution in [3.63, 3.8) is 0 Å². The van der Waals surface area contributed by atoms with Crippen molar-refractivity contribution in [3.8, 4) is 0 Å². The smallest absolute Gasteiger partial charge is 0.276 e. The van der Waals surface area contributed by atoms with Crippen molar-refractivity contribution in [2.45, 2.75) is 13.1 Å². The third kappa shape index (κ3) is 3.17. The quantitative estimate of drug-likeness (QED) is 0.609. The molecule has 1 aromatic heterocycles. The fraction of sp³-hybridized carbons (Fsp3) is 0.188. The van der Waals surface area contributed by atoms with Gasteiger partial charge < -0.3 is 4.42 Å². The van der Waals surface area contributed by atoms with Gasteiger partial charge in [-0.05, 0) is 61.9 Å². The third-order valence-corrected chi connectivity index (χ3v) is 6.72. The van der Waals surface area contributed by atoms with Gasteiger partial charge in [0.15, 0.2) is 15.6 Å². The number of thioether (sulfide) groups is 1. The summed E-state index contributed by atoms with van der Waals surface area (Å²) in [6.07, 6.45) is -0.570. The van der Waals surface area contributed by atoms with Crippen LogP contribution in [0.15, 0.2) is 52.4 Å². The van der Waals surface area contributed by atoms with E-state index in [0.717, 1.165) is 19.9 Å². The molecule has 0 fully saturated rings. The molecule has 1 atom stereocenters. The van der Waals surface area contributed by atoms with E-state index < -0.39 is 6.17 Å². The molecule has 0 spiro atoms. The lowest BCUT2D eigenvalue weighted by Gasteiger charge is -2.32. The van der Waals surface area contributed by atoms with E-state index in [9.17, 15) is 4.79 Å². The highest BCUT2D eigenvalue weighted by Gasteiger charge is 2.36. The van der Waals surface area contributed by atoms with Gasteiger partial charge in [0.1, 0.15) is 5.70 Å². The summed E-state index contributed by atoms with van der Waals surface area (Å²) in [5.41, 5.74) is 0.449. The zero-order valence-electron chi connectivity index (χ0n) is 13.3. The standard InChI is InChI=1S/C16H11Br3N4O2S/c1-2-26-16-21-15(24)12-8-5-7(17)3-4-10(8)20-14(23(12)22-16)11-6-9(18)13(19)25-11/h3-6,14H,2H2,1H3,(H,21,22,24)/t14-/m1/s1. The second kappa shape index (κ2) is 7.14. The van der Waals surface area contributed by atoms with Gasteiger partial charge in [0.2, 0.25) is 6.17 Å². The Morgan fingerprint density at radius 1 is 1.31 bits per heavy atom. The number of halogens is 3. The van der Waals surface area contributed by atoms with Crippen LogP contribution in [-0.4, -0.2) is 21.8 Å². The second-order valence-electron chi connectivity index (χ2n) is 5.42. The Labute approximate surface area is 178 Å². The van der Waals surface area contributed by atoms with Crippen LogP contribution in [0.4, 0.5) is 0 Å². The predicted molar refractivity (Wildman–Crippen MR) is 111 cm³/mol. The highest BCUT2D eigenvalue weighted by molar-refractivity contribution is 9.13. The summed E-state index contributed by atoms with van der Waals surface area (Å²) >= 11 is 11.7. The zero-order valence-corrected chi connectivity index (χ0v) is 18.9. The number of rotatable bonds is 2. The van der Waals surface area contributed by atoms with Gasteiger partial charge in [0, 0.05) is 9.69 Å². The number of hydrogen-bond acceptors (Lipinski definition) is 6. The molecule has 2 aliphatic heterocycles. The summed E-state index contributed by atoms with van der Waals surface area (Å²) in [5.74, 6) is 1.17. The highest BCUT2D eigenvalue weighted by Crippen LogP contribution is 2.36. The Balaban J connectivity index is 1.97. The minimum Gasteiger partial charge on any atom is -0.449 e. The number of amides is 1. The van der Waals surface area contributed by atoms with Gasteiger partial charge in [-0.1, -0.05) is 34.6 Å². The van der Waals surface area contributed by atoms with Crippen LogP contribution in [0.5, 0.6) is 0 Å². The molecule has 2 aromatic rings. The van der Waals surface area contributed by atoms with Crippen LogP contribution in [-0.2, 0) is 4.79 Å². The monoisotopic (exact) mass is 560 g/mol. The summed E-state index contributed by atoms with van der Waals surface area (Å²) in [5, 5.41) is 11.1. The van der Waals surface area contributed by atoms with Crippen LogP contribution in [0, 0.1) is 0 Å². The Bertz CT molecular complexity index is 1050. The number of benzene rings is 1. The lowest BCUT2D eigenvalue weighted by Crippen LogP contribution is -2.50. The molecule has 4 rings (SSSR count). The van der Waals surface area contributed by atoms with Crippen molar-refractivity contribution in [3.05, 3.63) is 54.2 Å². The molecular weight excluding hydrogens is 552 g/mol. The summed E-state index contributed by atoms with van der Waals surface area (Å²) < 4.78 is 7.99. The van der Waals surface area contributed by atoms with Gasteiger partial charge in [-0.2, -0.15) is 0 Å². The van der Waals surface area contributed by atoms with Crippen molar-refractivity contribution in [2.24, 2.45) is 10.1 Å². The van der Waals surface area contributed by atoms with Crippen molar-refractivity contribution in [1.29, 1.82) is 0 Å². The molecule has 134 valence electrons. The molecule has 26 heavy (non-hydrogen) atoms. The molecule has 6 nitrogen and oxygen atoms in total. The van der Waals surface area contributed by atoms with Crippen LogP contribution in [0.3, 0.4) is 0 Å². The van der Waals surface area contributed by atoms with Crippen LogP contribution in [0.2, 0.25) is 0 Å². The molecular formula is C16H11Br3N4O2S. The Kier molecular flexibility index (Phi) is 5.02. The lowest BCUT2D eigenvalue weighted by molar-refractivity contribution is -0.116. The maximum Gasteiger partial charge on any atom is 0.276 e. The maximum absolute atomic E-state index is 12.8. The topological polar surface area (TPSA) is 70.2 Å². The Morgan fingerprint density at radius 3 is 2.81 bits per heavy atom. The first kappa shape index (κ1) is 18.3. The molecule has 1 amide bonds. The predicted octanol–water partition coefficient (Wildman–Crippen LogP) is 3.46. The van der Waals surface area contributed by atoms with E-state index in [4.69, 9.17) is 9.41 Å². The summed E-state index contributed by atoms with van der Waals surface area (Å²) in [7, 11) is 0. The maximum atomic E-state index is 12.8. The highest BCUT2D eigenvalue weighted by atomic mass is 79.9. The summed E-state index contributed by atoms with van der Waals surface area (Å²) in [6.45, 7) is 2.00. The second-order valence-corrected chi connectivity index (χ2v) is 9.16. The van der Waals surface area contributed by atoms with E-state index in [1.807, 2.05) is 31.2 Å². The fourth-order valence-corrected chi connectivity index (χ4v) is 4.28. The number of carbonyl (C=O) groups is 1. The van der Waals surface area contributed by atoms with Gasteiger partial charge >= 0.3 is 0 Å². The van der Waals surface area contributed by atoms with E-state index in [-0.39, 0.29) is 5.91 Å². The number of nitrogens with one attached hydrogen (secondary N) is 1. The van der Waals surface area contributed by atoms with Crippen molar-refractivity contribution >= 4 is 76.3 Å². The molecule has 1 N–H and O–H groups in total. The lowest BCUT2D eigenvalue weighted by atomic mass is 10.1. The van der Waals surface area contributed by atoms with Crippen LogP contribution in [0.1, 0.15) is 18.8 Å². The molecule has 0 bridgehead atoms. The zero-order chi connectivity index (χ0) is 18.4. The van der Waals surface area contributed by atoms with Crippen molar-refractivity contribution in [1.82, 2.24) is 10.3 Å². The molecule has 3 heterocycles. The van der Waals surface area contributed by atoms with E-state index in [0.29, 0.717) is 26.7 Å². The average Bonchev–Trinajstić information content (AvgIpc) is 2.93. The van der Waals surface area contributed by atoms with Gasteiger partial charge in [-0.15, -0.1) is 5.10 Å². The molecule has 10 heteroatoms. The first-order valence-electron chi connectivity index (χ1n) is 7.62. The van der Waals surface area contributed by atoms with Gasteiger partial charge in [-0.3, -0.25) is 10.1 Å². The number of furan rings is 1. The number of hydrazone groups is 1. The number of carbonyl (C=O) groups excluding carboxylic acids is 1. The normalized spacial score (nSPS) is 18.7. The molecule has 0 aliphatic carbocycles. The average molecular weight is 563 g/mol. The minimum absolute atomic E-state index is 0.208. The summed E-state index contributed by atoms with van der Waals surface area (Å²) in [4.78, 5) is 17.6. The van der Waals surface area contributed by atoms with E-state index in [2.05, 4.69) is 58.2 Å². The van der Waals surface area contributed by atoms with Gasteiger partial charge in [0.25, 0.3) is 5.91 Å². The molecule has 1 aromatic carbocycles. The first-order chi connectivity index (χ1) is 12.5. The molecule has 0 saturated heterocycles. The van der Waals surface area contributed by atoms with Crippen LogP contribution < -0.4 is 15.9 Å². The molecule has 0 radical (unpaired) electrons. The van der Waals surface area contributed by atoms with Crippen molar-refractivity contribution in [2.75, 3.05) is 5.75 Å². The minimum atomic E-state index is -0.570.